The van der Waals surface area contributed by atoms with Crippen molar-refractivity contribution >= 4 is 28.6 Å². The lowest BCUT2D eigenvalue weighted by Gasteiger charge is -2.03. The lowest BCUT2D eigenvalue weighted by molar-refractivity contribution is 0.579. The molecule has 4 rings (SSSR count). The van der Waals surface area contributed by atoms with Crippen molar-refractivity contribution in [3.63, 3.8) is 0 Å². The minimum atomic E-state index is 0.692. The van der Waals surface area contributed by atoms with Crippen LogP contribution in [0.4, 0.5) is 0 Å². The SMILES string of the molecule is Clc1ccc2nc(-c3ccco3)c(Cc3ccsc3)n2c1. The zero-order valence-electron chi connectivity index (χ0n) is 11.0. The van der Waals surface area contributed by atoms with E-state index >= 15 is 0 Å². The van der Waals surface area contributed by atoms with Crippen LogP contribution in [0.5, 0.6) is 0 Å². The topological polar surface area (TPSA) is 30.4 Å². The van der Waals surface area contributed by atoms with Gasteiger partial charge >= 0.3 is 0 Å². The van der Waals surface area contributed by atoms with E-state index in [2.05, 4.69) is 16.8 Å². The van der Waals surface area contributed by atoms with Crippen molar-refractivity contribution in [3.8, 4) is 11.5 Å². The smallest absolute Gasteiger partial charge is 0.154 e. The van der Waals surface area contributed by atoms with Gasteiger partial charge in [-0.1, -0.05) is 11.6 Å². The van der Waals surface area contributed by atoms with Gasteiger partial charge in [0.2, 0.25) is 0 Å². The quantitative estimate of drug-likeness (QED) is 0.538. The monoisotopic (exact) mass is 314 g/mol. The van der Waals surface area contributed by atoms with Crippen LogP contribution in [0.25, 0.3) is 17.1 Å². The summed E-state index contributed by atoms with van der Waals surface area (Å²) in [5.74, 6) is 0.778. The Morgan fingerprint density at radius 1 is 1.24 bits per heavy atom. The van der Waals surface area contributed by atoms with Crippen LogP contribution in [-0.2, 0) is 6.42 Å². The summed E-state index contributed by atoms with van der Waals surface area (Å²) in [7, 11) is 0. The fraction of sp³-hybridized carbons (Fsp3) is 0.0625. The highest BCUT2D eigenvalue weighted by Crippen LogP contribution is 2.28. The Kier molecular flexibility index (Phi) is 3.05. The van der Waals surface area contributed by atoms with Gasteiger partial charge in [-0.25, -0.2) is 4.98 Å². The average molecular weight is 315 g/mol. The van der Waals surface area contributed by atoms with Gasteiger partial charge in [0.1, 0.15) is 11.3 Å². The van der Waals surface area contributed by atoms with Crippen molar-refractivity contribution in [2.24, 2.45) is 0 Å². The molecule has 5 heteroatoms. The van der Waals surface area contributed by atoms with Gasteiger partial charge in [-0.3, -0.25) is 0 Å². The summed E-state index contributed by atoms with van der Waals surface area (Å²) in [5, 5.41) is 4.92. The number of nitrogens with zero attached hydrogens (tertiary/aromatic N) is 2. The molecule has 0 fully saturated rings. The second kappa shape index (κ2) is 5.06. The van der Waals surface area contributed by atoms with Gasteiger partial charge in [-0.15, -0.1) is 0 Å². The van der Waals surface area contributed by atoms with Gasteiger partial charge in [0, 0.05) is 12.6 Å². The number of hydrogen-bond acceptors (Lipinski definition) is 3. The molecule has 0 saturated carbocycles. The van der Waals surface area contributed by atoms with Gasteiger partial charge in [-0.2, -0.15) is 11.3 Å². The highest BCUT2D eigenvalue weighted by atomic mass is 35.5. The molecule has 4 aromatic heterocycles. The number of thiophene rings is 1. The van der Waals surface area contributed by atoms with E-state index in [1.54, 1.807) is 17.6 Å². The Hall–Kier alpha value is -2.04. The van der Waals surface area contributed by atoms with E-state index in [1.165, 1.54) is 5.56 Å². The van der Waals surface area contributed by atoms with Crippen molar-refractivity contribution in [3.05, 3.63) is 69.8 Å². The number of aromatic nitrogens is 2. The molecule has 21 heavy (non-hydrogen) atoms. The molecule has 0 aliphatic carbocycles. The van der Waals surface area contributed by atoms with Gasteiger partial charge in [0.15, 0.2) is 5.76 Å². The van der Waals surface area contributed by atoms with E-state index in [9.17, 15) is 0 Å². The zero-order chi connectivity index (χ0) is 14.2. The zero-order valence-corrected chi connectivity index (χ0v) is 12.6. The number of rotatable bonds is 3. The maximum Gasteiger partial charge on any atom is 0.154 e. The molecule has 104 valence electrons. The van der Waals surface area contributed by atoms with Crippen molar-refractivity contribution in [2.75, 3.05) is 0 Å². The molecule has 0 unspecified atom stereocenters. The number of imidazole rings is 1. The van der Waals surface area contributed by atoms with E-state index in [0.717, 1.165) is 29.2 Å². The van der Waals surface area contributed by atoms with Gasteiger partial charge in [0.25, 0.3) is 0 Å². The molecule has 4 heterocycles. The summed E-state index contributed by atoms with van der Waals surface area (Å²) >= 11 is 7.83. The number of halogens is 1. The molecule has 3 nitrogen and oxygen atoms in total. The average Bonchev–Trinajstić information content (AvgIpc) is 3.20. The Balaban J connectivity index is 1.95. The van der Waals surface area contributed by atoms with E-state index in [0.29, 0.717) is 5.02 Å². The first-order chi connectivity index (χ1) is 10.3. The molecule has 4 aromatic rings. The summed E-state index contributed by atoms with van der Waals surface area (Å²) in [6.45, 7) is 0. The minimum Gasteiger partial charge on any atom is -0.463 e. The first-order valence-corrected chi connectivity index (χ1v) is 7.85. The third-order valence-electron chi connectivity index (χ3n) is 3.39. The van der Waals surface area contributed by atoms with Crippen molar-refractivity contribution < 1.29 is 4.42 Å². The third kappa shape index (κ3) is 2.26. The Morgan fingerprint density at radius 2 is 2.19 bits per heavy atom. The van der Waals surface area contributed by atoms with Crippen LogP contribution >= 0.6 is 22.9 Å². The van der Waals surface area contributed by atoms with E-state index in [-0.39, 0.29) is 0 Å². The van der Waals surface area contributed by atoms with Crippen molar-refractivity contribution in [1.29, 1.82) is 0 Å². The second-order valence-electron chi connectivity index (χ2n) is 4.77. The number of hydrogen-bond donors (Lipinski definition) is 0. The Bertz CT molecular complexity index is 879. The van der Waals surface area contributed by atoms with Crippen LogP contribution in [0.15, 0.2) is 58.0 Å². The number of pyridine rings is 1. The predicted octanol–water partition coefficient (Wildman–Crippen LogP) is 4.90. The highest BCUT2D eigenvalue weighted by Gasteiger charge is 2.16. The van der Waals surface area contributed by atoms with Crippen LogP contribution in [0.1, 0.15) is 11.3 Å². The Labute approximate surface area is 130 Å². The number of furan rings is 1. The van der Waals surface area contributed by atoms with Crippen LogP contribution in [0.3, 0.4) is 0 Å². The predicted molar refractivity (Wildman–Crippen MR) is 85.0 cm³/mol. The van der Waals surface area contributed by atoms with Gasteiger partial charge in [0.05, 0.1) is 17.0 Å². The third-order valence-corrected chi connectivity index (χ3v) is 4.34. The summed E-state index contributed by atoms with van der Waals surface area (Å²) < 4.78 is 7.57. The summed E-state index contributed by atoms with van der Waals surface area (Å²) in [6, 6.07) is 9.71. The maximum absolute atomic E-state index is 6.14. The van der Waals surface area contributed by atoms with Crippen LogP contribution < -0.4 is 0 Å². The molecule has 0 aliphatic rings. The van der Waals surface area contributed by atoms with E-state index in [1.807, 2.05) is 34.9 Å². The van der Waals surface area contributed by atoms with Crippen LogP contribution in [0, 0.1) is 0 Å². The van der Waals surface area contributed by atoms with Crippen molar-refractivity contribution in [1.82, 2.24) is 9.38 Å². The molecular weight excluding hydrogens is 304 g/mol. The standard InChI is InChI=1S/C16H11ClN2OS/c17-12-3-4-15-18-16(14-2-1-6-20-14)13(19(15)9-12)8-11-5-7-21-10-11/h1-7,9-10H,8H2. The second-order valence-corrected chi connectivity index (χ2v) is 5.98. The van der Waals surface area contributed by atoms with Gasteiger partial charge in [-0.05, 0) is 46.7 Å². The van der Waals surface area contributed by atoms with Gasteiger partial charge < -0.3 is 8.82 Å². The molecule has 0 atom stereocenters. The Morgan fingerprint density at radius 3 is 2.95 bits per heavy atom. The maximum atomic E-state index is 6.14. The molecule has 0 N–H and O–H groups in total. The molecule has 0 aromatic carbocycles. The normalized spacial score (nSPS) is 11.3. The molecule has 0 spiro atoms. The van der Waals surface area contributed by atoms with Crippen molar-refractivity contribution in [2.45, 2.75) is 6.42 Å². The molecule has 0 bridgehead atoms. The fourth-order valence-corrected chi connectivity index (χ4v) is 3.26. The van der Waals surface area contributed by atoms with E-state index in [4.69, 9.17) is 21.0 Å². The lowest BCUT2D eigenvalue weighted by atomic mass is 10.1. The number of fused-ring (bicyclic) bond motifs is 1. The van der Waals surface area contributed by atoms with E-state index < -0.39 is 0 Å². The molecule has 0 radical (unpaired) electrons. The largest absolute Gasteiger partial charge is 0.463 e. The summed E-state index contributed by atoms with van der Waals surface area (Å²) in [4.78, 5) is 4.69. The molecule has 0 saturated heterocycles. The summed E-state index contributed by atoms with van der Waals surface area (Å²) in [5.41, 5.74) is 4.08. The molecule has 0 amide bonds. The highest BCUT2D eigenvalue weighted by molar-refractivity contribution is 7.07. The molecular formula is C16H11ClN2OS. The fourth-order valence-electron chi connectivity index (χ4n) is 2.43. The minimum absolute atomic E-state index is 0.692. The van der Waals surface area contributed by atoms with Crippen LogP contribution in [-0.4, -0.2) is 9.38 Å². The molecule has 0 aliphatic heterocycles. The first-order valence-electron chi connectivity index (χ1n) is 6.53. The lowest BCUT2D eigenvalue weighted by Crippen LogP contribution is -1.95. The first kappa shape index (κ1) is 12.7. The summed E-state index contributed by atoms with van der Waals surface area (Å²) in [6.07, 6.45) is 4.36. The van der Waals surface area contributed by atoms with Crippen LogP contribution in [0.2, 0.25) is 5.02 Å².